The minimum atomic E-state index is -0.612. The summed E-state index contributed by atoms with van der Waals surface area (Å²) in [5, 5.41) is 21.5. The van der Waals surface area contributed by atoms with Gasteiger partial charge in [0.15, 0.2) is 11.5 Å². The van der Waals surface area contributed by atoms with Gasteiger partial charge in [-0.15, -0.1) is 0 Å². The average molecular weight is 554 g/mol. The van der Waals surface area contributed by atoms with Crippen LogP contribution in [0.25, 0.3) is 17.0 Å². The van der Waals surface area contributed by atoms with E-state index in [0.717, 1.165) is 90.6 Å². The van der Waals surface area contributed by atoms with Gasteiger partial charge in [-0.3, -0.25) is 9.36 Å². The van der Waals surface area contributed by atoms with Crippen LogP contribution in [0.15, 0.2) is 55.5 Å². The smallest absolute Gasteiger partial charge is 0.309 e. The highest BCUT2D eigenvalue weighted by Gasteiger charge is 2.52. The predicted molar refractivity (Wildman–Crippen MR) is 153 cm³/mol. The lowest BCUT2D eigenvalue weighted by Gasteiger charge is -2.51. The Morgan fingerprint density at radius 2 is 1.95 bits per heavy atom. The third kappa shape index (κ3) is 4.46. The number of hydrogen-bond acceptors (Lipinski definition) is 7. The summed E-state index contributed by atoms with van der Waals surface area (Å²) in [5.74, 6) is 1.12. The van der Waals surface area contributed by atoms with Gasteiger partial charge in [0.1, 0.15) is 12.4 Å². The summed E-state index contributed by atoms with van der Waals surface area (Å²) >= 11 is 0. The number of fused-ring (bicyclic) bond motifs is 7. The van der Waals surface area contributed by atoms with Crippen molar-refractivity contribution in [3.05, 3.63) is 78.3 Å². The molecular weight excluding hydrogens is 518 g/mol. The molecule has 2 bridgehead atoms. The van der Waals surface area contributed by atoms with Gasteiger partial charge in [0.05, 0.1) is 34.4 Å². The van der Waals surface area contributed by atoms with Crippen LogP contribution in [0.1, 0.15) is 74.3 Å². The molecule has 212 valence electrons. The number of nitrogens with zero attached hydrogens (tertiary/aromatic N) is 5. The molecule has 10 nitrogen and oxygen atoms in total. The van der Waals surface area contributed by atoms with E-state index in [9.17, 15) is 9.90 Å². The molecule has 1 aliphatic heterocycles. The highest BCUT2D eigenvalue weighted by atomic mass is 16.5. The molecule has 0 radical (unpaired) electrons. The van der Waals surface area contributed by atoms with Crippen molar-refractivity contribution in [2.45, 2.75) is 64.6 Å². The molecule has 3 aliphatic carbocycles. The maximum absolute atomic E-state index is 11.8. The van der Waals surface area contributed by atoms with Crippen LogP contribution in [-0.4, -0.2) is 41.8 Å². The molecule has 3 N–H and O–H groups in total. The minimum Gasteiger partial charge on any atom is -0.483 e. The van der Waals surface area contributed by atoms with Gasteiger partial charge >= 0.3 is 5.97 Å². The third-order valence-electron chi connectivity index (χ3n) is 9.64. The van der Waals surface area contributed by atoms with E-state index in [0.29, 0.717) is 13.2 Å². The SMILES string of the molecule is C=C(NCc1ccc2c(c1)-n1ccnc1CO2)c1cc(C(C)NCC23CCC(C(=O)O)(CC2)CC3)n2nccc2n1. The van der Waals surface area contributed by atoms with Gasteiger partial charge in [-0.1, -0.05) is 12.6 Å². The molecule has 4 aliphatic rings. The summed E-state index contributed by atoms with van der Waals surface area (Å²) in [6.45, 7) is 8.38. The first-order chi connectivity index (χ1) is 19.8. The van der Waals surface area contributed by atoms with Gasteiger partial charge < -0.3 is 20.5 Å². The lowest BCUT2D eigenvalue weighted by Crippen LogP contribution is -2.49. The molecule has 3 saturated carbocycles. The Balaban J connectivity index is 1.05. The second-order valence-electron chi connectivity index (χ2n) is 12.0. The van der Waals surface area contributed by atoms with Crippen LogP contribution in [0.4, 0.5) is 0 Å². The largest absolute Gasteiger partial charge is 0.483 e. The van der Waals surface area contributed by atoms with Crippen molar-refractivity contribution in [3.63, 3.8) is 0 Å². The molecule has 0 saturated heterocycles. The summed E-state index contributed by atoms with van der Waals surface area (Å²) < 4.78 is 9.80. The lowest BCUT2D eigenvalue weighted by molar-refractivity contribution is -0.158. The molecule has 1 atom stereocenters. The van der Waals surface area contributed by atoms with Gasteiger partial charge in [0.25, 0.3) is 0 Å². The van der Waals surface area contributed by atoms with Crippen molar-refractivity contribution in [3.8, 4) is 11.4 Å². The molecule has 4 heterocycles. The Hall–Kier alpha value is -4.18. The number of hydrogen-bond donors (Lipinski definition) is 3. The number of carboxylic acid groups (broad SMARTS) is 1. The fourth-order valence-corrected chi connectivity index (χ4v) is 6.81. The van der Waals surface area contributed by atoms with E-state index in [-0.39, 0.29) is 11.5 Å². The van der Waals surface area contributed by atoms with E-state index >= 15 is 0 Å². The maximum Gasteiger partial charge on any atom is 0.309 e. The van der Waals surface area contributed by atoms with Gasteiger partial charge in [-0.05, 0) is 74.6 Å². The summed E-state index contributed by atoms with van der Waals surface area (Å²) in [6, 6.07) is 10.2. The fourth-order valence-electron chi connectivity index (χ4n) is 6.81. The van der Waals surface area contributed by atoms with Crippen LogP contribution in [0, 0.1) is 10.8 Å². The number of ether oxygens (including phenoxy) is 1. The number of aromatic nitrogens is 5. The quantitative estimate of drug-likeness (QED) is 0.274. The fraction of sp³-hybridized carbons (Fsp3) is 0.419. The van der Waals surface area contributed by atoms with Crippen LogP contribution in [-0.2, 0) is 17.9 Å². The zero-order valence-corrected chi connectivity index (χ0v) is 23.3. The molecule has 3 aromatic heterocycles. The monoisotopic (exact) mass is 553 g/mol. The Morgan fingerprint density at radius 3 is 2.73 bits per heavy atom. The normalized spacial score (nSPS) is 23.4. The van der Waals surface area contributed by atoms with Crippen LogP contribution in [0.3, 0.4) is 0 Å². The molecule has 3 fully saturated rings. The first-order valence-corrected chi connectivity index (χ1v) is 14.4. The summed E-state index contributed by atoms with van der Waals surface area (Å²) in [4.78, 5) is 21.0. The molecule has 4 aromatic rings. The second kappa shape index (κ2) is 9.73. The molecule has 1 unspecified atom stereocenters. The van der Waals surface area contributed by atoms with E-state index in [1.54, 1.807) is 12.4 Å². The molecule has 41 heavy (non-hydrogen) atoms. The van der Waals surface area contributed by atoms with Crippen LogP contribution >= 0.6 is 0 Å². The first-order valence-electron chi connectivity index (χ1n) is 14.4. The maximum atomic E-state index is 11.8. The number of rotatable bonds is 9. The van der Waals surface area contributed by atoms with Crippen LogP contribution < -0.4 is 15.4 Å². The van der Waals surface area contributed by atoms with Gasteiger partial charge in [-0.25, -0.2) is 14.5 Å². The number of aliphatic carboxylic acids is 1. The Kier molecular flexibility index (Phi) is 6.11. The predicted octanol–water partition coefficient (Wildman–Crippen LogP) is 4.64. The van der Waals surface area contributed by atoms with E-state index in [2.05, 4.69) is 57.0 Å². The number of benzene rings is 1. The average Bonchev–Trinajstić information content (AvgIpc) is 3.69. The molecule has 8 rings (SSSR count). The van der Waals surface area contributed by atoms with Gasteiger partial charge in [0.2, 0.25) is 0 Å². The van der Waals surface area contributed by atoms with Gasteiger partial charge in [-0.2, -0.15) is 5.10 Å². The Labute approximate surface area is 238 Å². The molecule has 1 aromatic carbocycles. The van der Waals surface area contributed by atoms with Crippen molar-refractivity contribution in [2.24, 2.45) is 10.8 Å². The third-order valence-corrected chi connectivity index (χ3v) is 9.64. The number of nitrogens with one attached hydrogen (secondary N) is 2. The Bertz CT molecular complexity index is 1630. The molecule has 10 heteroatoms. The first kappa shape index (κ1) is 25.8. The minimum absolute atomic E-state index is 0.0273. The van der Waals surface area contributed by atoms with Crippen LogP contribution in [0.5, 0.6) is 5.75 Å². The van der Waals surface area contributed by atoms with E-state index in [4.69, 9.17) is 9.72 Å². The topological polar surface area (TPSA) is 119 Å². The molecular formula is C31H35N7O3. The van der Waals surface area contributed by atoms with E-state index < -0.39 is 11.4 Å². The number of carbonyl (C=O) groups is 1. The molecule has 0 amide bonds. The van der Waals surface area contributed by atoms with Crippen molar-refractivity contribution in [2.75, 3.05) is 6.54 Å². The van der Waals surface area contributed by atoms with Gasteiger partial charge in [0, 0.05) is 37.6 Å². The highest BCUT2D eigenvalue weighted by Crippen LogP contribution is 2.56. The second-order valence-corrected chi connectivity index (χ2v) is 12.0. The van der Waals surface area contributed by atoms with Crippen molar-refractivity contribution in [1.82, 2.24) is 34.8 Å². The van der Waals surface area contributed by atoms with Crippen LogP contribution in [0.2, 0.25) is 0 Å². The zero-order chi connectivity index (χ0) is 28.2. The lowest BCUT2D eigenvalue weighted by atomic mass is 9.53. The van der Waals surface area contributed by atoms with Crippen molar-refractivity contribution in [1.29, 1.82) is 0 Å². The number of carboxylic acids is 1. The highest BCUT2D eigenvalue weighted by molar-refractivity contribution is 5.75. The molecule has 0 spiro atoms. The summed E-state index contributed by atoms with van der Waals surface area (Å²) in [7, 11) is 0. The van der Waals surface area contributed by atoms with E-state index in [1.807, 2.05) is 22.8 Å². The summed E-state index contributed by atoms with van der Waals surface area (Å²) in [6.07, 6.45) is 10.8. The standard InChI is InChI=1S/C31H35N7O3/c1-20(33-17-22-3-4-26-25(15-22)37-14-13-32-28(37)18-41-26)23-16-24(38-27(36-23)5-12-35-38)21(2)34-19-30-6-9-31(10-7-30,11-8-30)29(39)40/h3-5,12-16,21,33-34H,1,6-11,17-19H2,2H3,(H,39,40). The van der Waals surface area contributed by atoms with E-state index in [1.165, 1.54) is 0 Å². The number of imidazole rings is 1. The zero-order valence-electron chi connectivity index (χ0n) is 23.3. The van der Waals surface area contributed by atoms with Crippen molar-refractivity contribution < 1.29 is 14.6 Å². The van der Waals surface area contributed by atoms with Crippen molar-refractivity contribution >= 4 is 17.3 Å². The Morgan fingerprint density at radius 1 is 1.15 bits per heavy atom. The summed E-state index contributed by atoms with van der Waals surface area (Å²) in [5.41, 5.74) is 5.07.